The van der Waals surface area contributed by atoms with E-state index in [1.807, 2.05) is 6.92 Å². The maximum Gasteiger partial charge on any atom is 0.237 e. The summed E-state index contributed by atoms with van der Waals surface area (Å²) in [7, 11) is 0. The van der Waals surface area contributed by atoms with Crippen molar-refractivity contribution < 1.29 is 4.79 Å². The SMILES string of the molecule is C=CCNC(=O)C(C)NC1CCC(C)CC1C. The van der Waals surface area contributed by atoms with Crippen molar-refractivity contribution in [3.8, 4) is 0 Å². The van der Waals surface area contributed by atoms with Gasteiger partial charge in [0.1, 0.15) is 0 Å². The summed E-state index contributed by atoms with van der Waals surface area (Å²) in [5.74, 6) is 1.55. The number of carbonyl (C=O) groups is 1. The van der Waals surface area contributed by atoms with E-state index in [1.165, 1.54) is 19.3 Å². The summed E-state index contributed by atoms with van der Waals surface area (Å²) < 4.78 is 0. The first-order valence-corrected chi connectivity index (χ1v) is 6.69. The minimum atomic E-state index is -0.115. The fourth-order valence-electron chi connectivity index (χ4n) is 2.64. The average Bonchev–Trinajstić information content (AvgIpc) is 2.29. The monoisotopic (exact) mass is 238 g/mol. The van der Waals surface area contributed by atoms with Crippen LogP contribution >= 0.6 is 0 Å². The topological polar surface area (TPSA) is 41.1 Å². The lowest BCUT2D eigenvalue weighted by atomic mass is 9.79. The van der Waals surface area contributed by atoms with Gasteiger partial charge in [-0.3, -0.25) is 4.79 Å². The van der Waals surface area contributed by atoms with E-state index in [1.54, 1.807) is 6.08 Å². The predicted molar refractivity (Wildman–Crippen MR) is 71.8 cm³/mol. The summed E-state index contributed by atoms with van der Waals surface area (Å²) in [6.45, 7) is 10.7. The van der Waals surface area contributed by atoms with Crippen molar-refractivity contribution >= 4 is 5.91 Å². The van der Waals surface area contributed by atoms with Crippen molar-refractivity contribution in [2.45, 2.75) is 52.1 Å². The minimum Gasteiger partial charge on any atom is -0.351 e. The van der Waals surface area contributed by atoms with E-state index in [0.29, 0.717) is 18.5 Å². The van der Waals surface area contributed by atoms with Gasteiger partial charge in [-0.05, 0) is 38.0 Å². The molecule has 0 aromatic carbocycles. The van der Waals surface area contributed by atoms with E-state index in [9.17, 15) is 4.79 Å². The lowest BCUT2D eigenvalue weighted by Gasteiger charge is -2.34. The Kier molecular flexibility index (Phi) is 5.69. The first-order chi connectivity index (χ1) is 8.04. The quantitative estimate of drug-likeness (QED) is 0.720. The molecule has 0 aliphatic heterocycles. The molecule has 0 saturated heterocycles. The van der Waals surface area contributed by atoms with Gasteiger partial charge in [-0.15, -0.1) is 6.58 Å². The third kappa shape index (κ3) is 4.50. The molecule has 1 aliphatic rings. The molecule has 0 aromatic rings. The first-order valence-electron chi connectivity index (χ1n) is 6.69. The van der Waals surface area contributed by atoms with Crippen LogP contribution in [0.25, 0.3) is 0 Å². The number of carbonyl (C=O) groups excluding carboxylic acids is 1. The maximum absolute atomic E-state index is 11.7. The number of hydrogen-bond donors (Lipinski definition) is 2. The van der Waals surface area contributed by atoms with E-state index in [-0.39, 0.29) is 11.9 Å². The highest BCUT2D eigenvalue weighted by Crippen LogP contribution is 2.28. The molecular weight excluding hydrogens is 212 g/mol. The summed E-state index contributed by atoms with van der Waals surface area (Å²) in [6, 6.07) is 0.367. The average molecular weight is 238 g/mol. The van der Waals surface area contributed by atoms with Crippen LogP contribution in [0.1, 0.15) is 40.0 Å². The normalized spacial score (nSPS) is 30.6. The van der Waals surface area contributed by atoms with Crippen molar-refractivity contribution in [2.75, 3.05) is 6.54 Å². The van der Waals surface area contributed by atoms with Gasteiger partial charge in [-0.1, -0.05) is 19.9 Å². The van der Waals surface area contributed by atoms with Crippen LogP contribution in [0.15, 0.2) is 12.7 Å². The standard InChI is InChI=1S/C14H26N2O/c1-5-8-15-14(17)12(4)16-13-7-6-10(2)9-11(13)3/h5,10-13,16H,1,6-9H2,2-4H3,(H,15,17). The van der Waals surface area contributed by atoms with Crippen LogP contribution in [0.2, 0.25) is 0 Å². The third-order valence-corrected chi connectivity index (χ3v) is 3.71. The van der Waals surface area contributed by atoms with Gasteiger partial charge in [0, 0.05) is 12.6 Å². The van der Waals surface area contributed by atoms with E-state index in [0.717, 1.165) is 5.92 Å². The highest BCUT2D eigenvalue weighted by Gasteiger charge is 2.27. The van der Waals surface area contributed by atoms with Gasteiger partial charge < -0.3 is 10.6 Å². The molecule has 0 heterocycles. The second-order valence-corrected chi connectivity index (χ2v) is 5.42. The van der Waals surface area contributed by atoms with Crippen LogP contribution in [0, 0.1) is 11.8 Å². The van der Waals surface area contributed by atoms with Gasteiger partial charge in [0.05, 0.1) is 6.04 Å². The van der Waals surface area contributed by atoms with Gasteiger partial charge in [-0.2, -0.15) is 0 Å². The van der Waals surface area contributed by atoms with Gasteiger partial charge >= 0.3 is 0 Å². The smallest absolute Gasteiger partial charge is 0.237 e. The van der Waals surface area contributed by atoms with Crippen LogP contribution in [0.3, 0.4) is 0 Å². The lowest BCUT2D eigenvalue weighted by molar-refractivity contribution is -0.122. The van der Waals surface area contributed by atoms with Crippen molar-refractivity contribution in [3.63, 3.8) is 0 Å². The van der Waals surface area contributed by atoms with Gasteiger partial charge in [0.15, 0.2) is 0 Å². The zero-order valence-electron chi connectivity index (χ0n) is 11.3. The van der Waals surface area contributed by atoms with Crippen molar-refractivity contribution in [1.82, 2.24) is 10.6 Å². The van der Waals surface area contributed by atoms with Crippen LogP contribution in [0.5, 0.6) is 0 Å². The van der Waals surface area contributed by atoms with Crippen molar-refractivity contribution in [2.24, 2.45) is 11.8 Å². The second kappa shape index (κ2) is 6.80. The molecule has 3 heteroatoms. The molecule has 17 heavy (non-hydrogen) atoms. The molecule has 4 atom stereocenters. The van der Waals surface area contributed by atoms with Crippen molar-refractivity contribution in [3.05, 3.63) is 12.7 Å². The van der Waals surface area contributed by atoms with Crippen molar-refractivity contribution in [1.29, 1.82) is 0 Å². The molecule has 0 radical (unpaired) electrons. The molecule has 0 spiro atoms. The molecule has 2 N–H and O–H groups in total. The minimum absolute atomic E-state index is 0.0655. The van der Waals surface area contributed by atoms with Gasteiger partial charge in [0.25, 0.3) is 0 Å². The Morgan fingerprint density at radius 1 is 1.47 bits per heavy atom. The Labute approximate surface area is 105 Å². The third-order valence-electron chi connectivity index (χ3n) is 3.71. The Balaban J connectivity index is 2.37. The van der Waals surface area contributed by atoms with Gasteiger partial charge in [-0.25, -0.2) is 0 Å². The lowest BCUT2D eigenvalue weighted by Crippen LogP contribution is -2.50. The predicted octanol–water partition coefficient (Wildman–Crippen LogP) is 2.09. The number of rotatable bonds is 5. The summed E-state index contributed by atoms with van der Waals surface area (Å²) >= 11 is 0. The molecule has 1 aliphatic carbocycles. The number of amides is 1. The van der Waals surface area contributed by atoms with E-state index in [4.69, 9.17) is 0 Å². The van der Waals surface area contributed by atoms with E-state index < -0.39 is 0 Å². The fraction of sp³-hybridized carbons (Fsp3) is 0.786. The number of nitrogens with one attached hydrogen (secondary N) is 2. The Hall–Kier alpha value is -0.830. The highest BCUT2D eigenvalue weighted by molar-refractivity contribution is 5.81. The largest absolute Gasteiger partial charge is 0.351 e. The Morgan fingerprint density at radius 3 is 2.76 bits per heavy atom. The molecule has 3 nitrogen and oxygen atoms in total. The molecule has 1 amide bonds. The zero-order valence-corrected chi connectivity index (χ0v) is 11.3. The van der Waals surface area contributed by atoms with E-state index in [2.05, 4.69) is 31.1 Å². The van der Waals surface area contributed by atoms with Gasteiger partial charge in [0.2, 0.25) is 5.91 Å². The first kappa shape index (κ1) is 14.2. The molecular formula is C14H26N2O. The highest BCUT2D eigenvalue weighted by atomic mass is 16.2. The molecule has 1 fully saturated rings. The van der Waals surface area contributed by atoms with E-state index >= 15 is 0 Å². The van der Waals surface area contributed by atoms with Crippen LogP contribution < -0.4 is 10.6 Å². The molecule has 0 aromatic heterocycles. The number of hydrogen-bond acceptors (Lipinski definition) is 2. The zero-order chi connectivity index (χ0) is 12.8. The summed E-state index contributed by atoms with van der Waals surface area (Å²) in [6.07, 6.45) is 5.42. The van der Waals surface area contributed by atoms with Crippen LogP contribution in [-0.2, 0) is 4.79 Å². The summed E-state index contributed by atoms with van der Waals surface area (Å²) in [5.41, 5.74) is 0. The molecule has 0 bridgehead atoms. The molecule has 98 valence electrons. The second-order valence-electron chi connectivity index (χ2n) is 5.42. The Bertz CT molecular complexity index is 265. The summed E-state index contributed by atoms with van der Waals surface area (Å²) in [4.78, 5) is 11.7. The summed E-state index contributed by atoms with van der Waals surface area (Å²) in [5, 5.41) is 6.28. The Morgan fingerprint density at radius 2 is 2.18 bits per heavy atom. The molecule has 1 rings (SSSR count). The van der Waals surface area contributed by atoms with Crippen LogP contribution in [-0.4, -0.2) is 24.5 Å². The molecule has 4 unspecified atom stereocenters. The molecule has 1 saturated carbocycles. The fourth-order valence-corrected chi connectivity index (χ4v) is 2.64. The van der Waals surface area contributed by atoms with Crippen LogP contribution in [0.4, 0.5) is 0 Å². The maximum atomic E-state index is 11.7.